The average Bonchev–Trinajstić information content (AvgIpc) is 3.29. The van der Waals surface area contributed by atoms with Gasteiger partial charge in [0, 0.05) is 49.1 Å². The van der Waals surface area contributed by atoms with E-state index in [2.05, 4.69) is 20.6 Å². The molecule has 11 heteroatoms. The number of sulfonamides is 1. The second-order valence-electron chi connectivity index (χ2n) is 7.42. The topological polar surface area (TPSA) is 148 Å². The number of carbonyl (C=O) groups excluding carboxylic acids is 2. The number of anilines is 2. The van der Waals surface area contributed by atoms with Gasteiger partial charge >= 0.3 is 0 Å². The Morgan fingerprint density at radius 3 is 2.21 bits per heavy atom. The van der Waals surface area contributed by atoms with E-state index in [1.54, 1.807) is 30.6 Å². The number of hydrogen-bond acceptors (Lipinski definition) is 6. The fourth-order valence-corrected chi connectivity index (χ4v) is 3.93. The summed E-state index contributed by atoms with van der Waals surface area (Å²) in [5.41, 5.74) is 1.36. The Labute approximate surface area is 191 Å². The maximum atomic E-state index is 12.8. The first-order chi connectivity index (χ1) is 15.6. The number of carbonyl (C=O) groups is 2. The fourth-order valence-electron chi connectivity index (χ4n) is 3.03. The van der Waals surface area contributed by atoms with Gasteiger partial charge in [0.15, 0.2) is 5.92 Å². The number of nitrogens with one attached hydrogen (secondary N) is 4. The predicted octanol–water partition coefficient (Wildman–Crippen LogP) is 2.56. The first-order valence-electron chi connectivity index (χ1n) is 9.89. The number of rotatable bonds is 8. The molecule has 0 aliphatic heterocycles. The van der Waals surface area contributed by atoms with Crippen LogP contribution in [0.15, 0.2) is 65.8 Å². The SMILES string of the molecule is CC(=N)C(C(=O)Nc1ccc(S(=O)(=O)N(C)C)cc1)C(=O)Nc1cccc(-c2ncc[nH]2)c1. The molecule has 2 amide bonds. The summed E-state index contributed by atoms with van der Waals surface area (Å²) < 4.78 is 25.4. The summed E-state index contributed by atoms with van der Waals surface area (Å²) in [7, 11) is -0.760. The summed E-state index contributed by atoms with van der Waals surface area (Å²) in [6, 6.07) is 12.5. The number of H-pyrrole nitrogens is 1. The summed E-state index contributed by atoms with van der Waals surface area (Å²) in [6.45, 7) is 1.37. The molecule has 0 spiro atoms. The molecule has 10 nitrogen and oxygen atoms in total. The Morgan fingerprint density at radius 1 is 1.03 bits per heavy atom. The van der Waals surface area contributed by atoms with Gasteiger partial charge in [-0.15, -0.1) is 0 Å². The van der Waals surface area contributed by atoms with Crippen LogP contribution >= 0.6 is 0 Å². The molecule has 3 rings (SSSR count). The van der Waals surface area contributed by atoms with Crippen molar-refractivity contribution in [1.29, 1.82) is 5.41 Å². The Bertz CT molecular complexity index is 1270. The second kappa shape index (κ2) is 9.76. The Morgan fingerprint density at radius 2 is 1.67 bits per heavy atom. The van der Waals surface area contributed by atoms with E-state index in [1.165, 1.54) is 45.3 Å². The predicted molar refractivity (Wildman–Crippen MR) is 125 cm³/mol. The molecule has 3 aromatic rings. The van der Waals surface area contributed by atoms with Crippen molar-refractivity contribution in [3.05, 3.63) is 60.9 Å². The van der Waals surface area contributed by atoms with Crippen molar-refractivity contribution in [2.45, 2.75) is 11.8 Å². The zero-order valence-electron chi connectivity index (χ0n) is 18.3. The zero-order chi connectivity index (χ0) is 24.2. The van der Waals surface area contributed by atoms with Gasteiger partial charge in [-0.3, -0.25) is 9.59 Å². The van der Waals surface area contributed by atoms with Gasteiger partial charge in [-0.05, 0) is 43.3 Å². The Kier molecular flexibility index (Phi) is 7.04. The van der Waals surface area contributed by atoms with Crippen molar-refractivity contribution in [3.63, 3.8) is 0 Å². The lowest BCUT2D eigenvalue weighted by Gasteiger charge is -2.17. The van der Waals surface area contributed by atoms with Gasteiger partial charge in [-0.2, -0.15) is 0 Å². The number of aromatic amines is 1. The largest absolute Gasteiger partial charge is 0.345 e. The molecular formula is C22H24N6O4S. The smallest absolute Gasteiger partial charge is 0.242 e. The third kappa shape index (κ3) is 5.51. The number of nitrogens with zero attached hydrogens (tertiary/aromatic N) is 2. The van der Waals surface area contributed by atoms with Crippen LogP contribution in [0.3, 0.4) is 0 Å². The van der Waals surface area contributed by atoms with E-state index in [-0.39, 0.29) is 10.6 Å². The summed E-state index contributed by atoms with van der Waals surface area (Å²) in [4.78, 5) is 32.8. The third-order valence-corrected chi connectivity index (χ3v) is 6.59. The molecule has 0 bridgehead atoms. The number of aromatic nitrogens is 2. The molecule has 4 N–H and O–H groups in total. The Hall–Kier alpha value is -3.83. The normalized spacial score (nSPS) is 12.2. The number of amides is 2. The molecule has 0 aliphatic rings. The van der Waals surface area contributed by atoms with Crippen LogP contribution in [0.4, 0.5) is 11.4 Å². The van der Waals surface area contributed by atoms with Gasteiger partial charge in [0.25, 0.3) is 0 Å². The van der Waals surface area contributed by atoms with Crippen LogP contribution in [0.2, 0.25) is 0 Å². The third-order valence-electron chi connectivity index (χ3n) is 4.76. The van der Waals surface area contributed by atoms with E-state index in [0.717, 1.165) is 9.87 Å². The zero-order valence-corrected chi connectivity index (χ0v) is 19.1. The van der Waals surface area contributed by atoms with E-state index < -0.39 is 27.8 Å². The maximum Gasteiger partial charge on any atom is 0.242 e. The van der Waals surface area contributed by atoms with Crippen LogP contribution in [0.1, 0.15) is 6.92 Å². The van der Waals surface area contributed by atoms with Crippen molar-refractivity contribution in [3.8, 4) is 11.4 Å². The molecule has 172 valence electrons. The number of imidazole rings is 1. The molecule has 1 atom stereocenters. The van der Waals surface area contributed by atoms with Gasteiger partial charge in [0.05, 0.1) is 4.90 Å². The highest BCUT2D eigenvalue weighted by Gasteiger charge is 2.29. The molecule has 2 aromatic carbocycles. The minimum Gasteiger partial charge on any atom is -0.345 e. The first-order valence-corrected chi connectivity index (χ1v) is 11.3. The van der Waals surface area contributed by atoms with Crippen LogP contribution in [-0.2, 0) is 19.6 Å². The van der Waals surface area contributed by atoms with E-state index in [1.807, 2.05) is 6.07 Å². The van der Waals surface area contributed by atoms with Crippen molar-refractivity contribution in [1.82, 2.24) is 14.3 Å². The molecule has 0 fully saturated rings. The molecule has 1 aromatic heterocycles. The molecular weight excluding hydrogens is 444 g/mol. The number of benzene rings is 2. The lowest BCUT2D eigenvalue weighted by Crippen LogP contribution is -2.38. The van der Waals surface area contributed by atoms with Gasteiger partial charge in [0.2, 0.25) is 21.8 Å². The molecule has 0 saturated carbocycles. The van der Waals surface area contributed by atoms with E-state index in [0.29, 0.717) is 17.2 Å². The first kappa shape index (κ1) is 23.8. The molecule has 0 radical (unpaired) electrons. The van der Waals surface area contributed by atoms with Crippen molar-refractivity contribution in [2.75, 3.05) is 24.7 Å². The Balaban J connectivity index is 1.73. The fraction of sp³-hybridized carbons (Fsp3) is 0.182. The summed E-state index contributed by atoms with van der Waals surface area (Å²) in [5, 5.41) is 13.2. The average molecular weight is 469 g/mol. The lowest BCUT2D eigenvalue weighted by atomic mass is 10.0. The monoisotopic (exact) mass is 468 g/mol. The van der Waals surface area contributed by atoms with Crippen molar-refractivity contribution in [2.24, 2.45) is 5.92 Å². The molecule has 1 heterocycles. The van der Waals surface area contributed by atoms with Gasteiger partial charge in [-0.1, -0.05) is 12.1 Å². The van der Waals surface area contributed by atoms with Crippen molar-refractivity contribution < 1.29 is 18.0 Å². The molecule has 0 aliphatic carbocycles. The highest BCUT2D eigenvalue weighted by atomic mass is 32.2. The van der Waals surface area contributed by atoms with E-state index in [4.69, 9.17) is 5.41 Å². The van der Waals surface area contributed by atoms with Crippen molar-refractivity contribution >= 4 is 38.9 Å². The van der Waals surface area contributed by atoms with Crippen LogP contribution in [0, 0.1) is 11.3 Å². The minimum absolute atomic E-state index is 0.0689. The summed E-state index contributed by atoms with van der Waals surface area (Å²) >= 11 is 0. The highest BCUT2D eigenvalue weighted by molar-refractivity contribution is 7.89. The van der Waals surface area contributed by atoms with E-state index >= 15 is 0 Å². The number of hydrogen-bond donors (Lipinski definition) is 4. The van der Waals surface area contributed by atoms with Crippen LogP contribution in [-0.4, -0.2) is 54.3 Å². The maximum absolute atomic E-state index is 12.8. The van der Waals surface area contributed by atoms with Gasteiger partial charge in [0.1, 0.15) is 5.82 Å². The lowest BCUT2D eigenvalue weighted by molar-refractivity contribution is -0.126. The quantitative estimate of drug-likeness (QED) is 0.296. The van der Waals surface area contributed by atoms with Gasteiger partial charge < -0.3 is 21.0 Å². The molecule has 33 heavy (non-hydrogen) atoms. The van der Waals surface area contributed by atoms with Crippen LogP contribution in [0.25, 0.3) is 11.4 Å². The van der Waals surface area contributed by atoms with Crippen LogP contribution < -0.4 is 10.6 Å². The standard InChI is InChI=1S/C22H24N6O4S/c1-14(23)19(21(29)26-16-7-9-18(10-8-16)33(31,32)28(2)3)22(30)27-17-6-4-5-15(13-17)20-24-11-12-25-20/h4-13,19,23H,1-3H3,(H,24,25)(H,26,29)(H,27,30). The van der Waals surface area contributed by atoms with Gasteiger partial charge in [-0.25, -0.2) is 17.7 Å². The highest BCUT2D eigenvalue weighted by Crippen LogP contribution is 2.21. The summed E-state index contributed by atoms with van der Waals surface area (Å²) in [6.07, 6.45) is 3.30. The van der Waals surface area contributed by atoms with E-state index in [9.17, 15) is 18.0 Å². The van der Waals surface area contributed by atoms with Crippen LogP contribution in [0.5, 0.6) is 0 Å². The molecule has 1 unspecified atom stereocenters. The second-order valence-corrected chi connectivity index (χ2v) is 9.58. The molecule has 0 saturated heterocycles. The summed E-state index contributed by atoms with van der Waals surface area (Å²) in [5.74, 6) is -2.11. The minimum atomic E-state index is -3.60.